The number of aromatic nitrogens is 3. The molecule has 0 atom stereocenters. The molecule has 1 aliphatic rings. The first-order valence-corrected chi connectivity index (χ1v) is 12.2. The van der Waals surface area contributed by atoms with Crippen LogP contribution >= 0.6 is 0 Å². The maximum atomic E-state index is 13.1. The fraction of sp³-hybridized carbons (Fsp3) is 0.333. The van der Waals surface area contributed by atoms with Gasteiger partial charge >= 0.3 is 0 Å². The first-order chi connectivity index (χ1) is 15.6. The van der Waals surface area contributed by atoms with E-state index in [4.69, 9.17) is 0 Å². The van der Waals surface area contributed by atoms with E-state index in [-0.39, 0.29) is 31.1 Å². The van der Waals surface area contributed by atoms with E-state index in [1.54, 1.807) is 4.90 Å². The van der Waals surface area contributed by atoms with Gasteiger partial charge in [0, 0.05) is 49.4 Å². The molecule has 0 saturated carbocycles. The van der Waals surface area contributed by atoms with Crippen molar-refractivity contribution in [2.24, 2.45) is 0 Å². The number of H-pyrrole nitrogens is 2. The number of fused-ring (bicyclic) bond motifs is 2. The number of sulfonamides is 1. The van der Waals surface area contributed by atoms with Crippen molar-refractivity contribution < 1.29 is 22.8 Å². The van der Waals surface area contributed by atoms with E-state index in [0.717, 1.165) is 22.9 Å². The number of hydrogen-bond donors (Lipinski definition) is 3. The summed E-state index contributed by atoms with van der Waals surface area (Å²) in [5.41, 5.74) is 2.97. The van der Waals surface area contributed by atoms with Gasteiger partial charge in [-0.15, -0.1) is 0 Å². The number of nitrogens with zero attached hydrogens (tertiary/aromatic N) is 3. The van der Waals surface area contributed by atoms with E-state index < -0.39 is 21.8 Å². The molecule has 3 N–H and O–H groups in total. The van der Waals surface area contributed by atoms with Gasteiger partial charge in [-0.25, -0.2) is 8.42 Å². The highest BCUT2D eigenvalue weighted by Crippen LogP contribution is 2.24. The molecular formula is C21H24N6O5S. The van der Waals surface area contributed by atoms with Crippen LogP contribution in [-0.2, 0) is 27.8 Å². The molecule has 0 fully saturated rings. The molecule has 174 valence electrons. The zero-order valence-corrected chi connectivity index (χ0v) is 19.0. The van der Waals surface area contributed by atoms with Crippen molar-refractivity contribution >= 4 is 38.6 Å². The highest BCUT2D eigenvalue weighted by Gasteiger charge is 2.30. The van der Waals surface area contributed by atoms with Crippen LogP contribution in [0.5, 0.6) is 0 Å². The summed E-state index contributed by atoms with van der Waals surface area (Å²) >= 11 is 0. The quantitative estimate of drug-likeness (QED) is 0.479. The van der Waals surface area contributed by atoms with Crippen molar-refractivity contribution in [3.63, 3.8) is 0 Å². The van der Waals surface area contributed by atoms with Gasteiger partial charge in [0.1, 0.15) is 11.4 Å². The zero-order chi connectivity index (χ0) is 23.8. The molecule has 3 heterocycles. The van der Waals surface area contributed by atoms with Crippen molar-refractivity contribution in [3.05, 3.63) is 53.0 Å². The summed E-state index contributed by atoms with van der Waals surface area (Å²) in [4.78, 5) is 43.9. The molecule has 0 aliphatic carbocycles. The Kier molecular flexibility index (Phi) is 5.93. The SMILES string of the molecule is CN(CCC(=O)NS(C)(=O)=O)C(=O)c1[nH]nc2c1CN(C(=O)c1cc3ccccc3[nH]1)CC2. The van der Waals surface area contributed by atoms with Gasteiger partial charge in [-0.3, -0.25) is 24.2 Å². The monoisotopic (exact) mass is 472 g/mol. The van der Waals surface area contributed by atoms with Gasteiger partial charge in [0.05, 0.1) is 18.5 Å². The van der Waals surface area contributed by atoms with Gasteiger partial charge in [-0.2, -0.15) is 5.10 Å². The van der Waals surface area contributed by atoms with Crippen LogP contribution in [0.15, 0.2) is 30.3 Å². The van der Waals surface area contributed by atoms with E-state index in [0.29, 0.717) is 24.2 Å². The Balaban J connectivity index is 1.45. The fourth-order valence-electron chi connectivity index (χ4n) is 3.82. The highest BCUT2D eigenvalue weighted by molar-refractivity contribution is 7.89. The third-order valence-electron chi connectivity index (χ3n) is 5.50. The first-order valence-electron chi connectivity index (χ1n) is 10.3. The topological polar surface area (TPSA) is 148 Å². The van der Waals surface area contributed by atoms with Gasteiger partial charge in [0.2, 0.25) is 15.9 Å². The van der Waals surface area contributed by atoms with Gasteiger partial charge in [0.15, 0.2) is 0 Å². The third-order valence-corrected chi connectivity index (χ3v) is 6.10. The standard InChI is InChI=1S/C21H24N6O5S/c1-26(9-8-18(28)25-33(2,31)32)21(30)19-14-12-27(10-7-16(14)23-24-19)20(29)17-11-13-5-3-4-6-15(13)22-17/h3-6,11,22H,7-10,12H2,1-2H3,(H,23,24)(H,25,28). The lowest BCUT2D eigenvalue weighted by Crippen LogP contribution is -2.38. The van der Waals surface area contributed by atoms with Crippen LogP contribution in [0.2, 0.25) is 0 Å². The Morgan fingerprint density at radius 1 is 1.24 bits per heavy atom. The van der Waals surface area contributed by atoms with Crippen LogP contribution in [0.1, 0.15) is 38.7 Å². The summed E-state index contributed by atoms with van der Waals surface area (Å²) in [6.45, 7) is 0.719. The number of rotatable bonds is 6. The molecule has 0 bridgehead atoms. The molecule has 3 amide bonds. The van der Waals surface area contributed by atoms with Crippen molar-refractivity contribution in [2.75, 3.05) is 26.4 Å². The molecule has 0 radical (unpaired) electrons. The lowest BCUT2D eigenvalue weighted by molar-refractivity contribution is -0.119. The van der Waals surface area contributed by atoms with Crippen LogP contribution in [0.25, 0.3) is 10.9 Å². The number of amides is 3. The normalized spacial score (nSPS) is 13.6. The molecule has 2 aromatic heterocycles. The molecule has 0 spiro atoms. The zero-order valence-electron chi connectivity index (χ0n) is 18.2. The van der Waals surface area contributed by atoms with E-state index in [1.165, 1.54) is 11.9 Å². The largest absolute Gasteiger partial charge is 0.351 e. The number of carbonyl (C=O) groups is 3. The van der Waals surface area contributed by atoms with E-state index in [2.05, 4.69) is 15.2 Å². The fourth-order valence-corrected chi connectivity index (χ4v) is 4.33. The Labute approximate surface area is 190 Å². The Morgan fingerprint density at radius 2 is 2.00 bits per heavy atom. The lowest BCUT2D eigenvalue weighted by Gasteiger charge is -2.27. The summed E-state index contributed by atoms with van der Waals surface area (Å²) in [7, 11) is -2.14. The van der Waals surface area contributed by atoms with Crippen molar-refractivity contribution in [3.8, 4) is 0 Å². The van der Waals surface area contributed by atoms with Crippen LogP contribution in [-0.4, -0.2) is 77.5 Å². The predicted octanol–water partition coefficient (Wildman–Crippen LogP) is 0.627. The smallest absolute Gasteiger partial charge is 0.271 e. The number of aromatic amines is 2. The Hall–Kier alpha value is -3.67. The van der Waals surface area contributed by atoms with E-state index in [1.807, 2.05) is 35.1 Å². The van der Waals surface area contributed by atoms with E-state index in [9.17, 15) is 22.8 Å². The molecule has 3 aromatic rings. The summed E-state index contributed by atoms with van der Waals surface area (Å²) in [6, 6.07) is 9.44. The molecule has 33 heavy (non-hydrogen) atoms. The van der Waals surface area contributed by atoms with Crippen LogP contribution in [0.4, 0.5) is 0 Å². The number of benzene rings is 1. The maximum Gasteiger partial charge on any atom is 0.271 e. The van der Waals surface area contributed by atoms with Gasteiger partial charge in [0.25, 0.3) is 11.8 Å². The molecule has 12 heteroatoms. The second kappa shape index (κ2) is 8.70. The number of para-hydroxylation sites is 1. The van der Waals surface area contributed by atoms with Crippen molar-refractivity contribution in [1.29, 1.82) is 0 Å². The first kappa shape index (κ1) is 22.5. The Morgan fingerprint density at radius 3 is 2.73 bits per heavy atom. The van der Waals surface area contributed by atoms with Crippen LogP contribution in [0.3, 0.4) is 0 Å². The average molecular weight is 473 g/mol. The molecule has 4 rings (SSSR count). The van der Waals surface area contributed by atoms with Gasteiger partial charge in [-0.1, -0.05) is 18.2 Å². The highest BCUT2D eigenvalue weighted by atomic mass is 32.2. The molecule has 1 aromatic carbocycles. The summed E-state index contributed by atoms with van der Waals surface area (Å²) in [5, 5.41) is 7.93. The number of carbonyl (C=O) groups excluding carboxylic acids is 3. The molecule has 11 nitrogen and oxygen atoms in total. The van der Waals surface area contributed by atoms with Gasteiger partial charge in [-0.05, 0) is 12.1 Å². The minimum Gasteiger partial charge on any atom is -0.351 e. The lowest BCUT2D eigenvalue weighted by atomic mass is 10.0. The molecular weight excluding hydrogens is 448 g/mol. The Bertz CT molecular complexity index is 1310. The summed E-state index contributed by atoms with van der Waals surface area (Å²) in [6.07, 6.45) is 1.22. The molecule has 0 unspecified atom stereocenters. The molecule has 1 aliphatic heterocycles. The predicted molar refractivity (Wildman–Crippen MR) is 120 cm³/mol. The third kappa shape index (κ3) is 4.90. The average Bonchev–Trinajstić information content (AvgIpc) is 3.39. The molecule has 0 saturated heterocycles. The number of hydrogen-bond acceptors (Lipinski definition) is 6. The number of nitrogens with one attached hydrogen (secondary N) is 3. The van der Waals surface area contributed by atoms with Crippen LogP contribution < -0.4 is 4.72 Å². The second-order valence-electron chi connectivity index (χ2n) is 8.04. The van der Waals surface area contributed by atoms with Crippen molar-refractivity contribution in [1.82, 2.24) is 29.7 Å². The summed E-state index contributed by atoms with van der Waals surface area (Å²) in [5.74, 6) is -1.25. The van der Waals surface area contributed by atoms with Gasteiger partial charge < -0.3 is 14.8 Å². The maximum absolute atomic E-state index is 13.1. The van der Waals surface area contributed by atoms with Crippen molar-refractivity contribution in [2.45, 2.75) is 19.4 Å². The second-order valence-corrected chi connectivity index (χ2v) is 9.79. The minimum atomic E-state index is -3.65. The summed E-state index contributed by atoms with van der Waals surface area (Å²) < 4.78 is 24.2. The van der Waals surface area contributed by atoms with E-state index >= 15 is 0 Å². The minimum absolute atomic E-state index is 0.0195. The van der Waals surface area contributed by atoms with Crippen LogP contribution in [0, 0.1) is 0 Å².